The molecule has 0 radical (unpaired) electrons. The molecule has 3 atom stereocenters. The van der Waals surface area contributed by atoms with E-state index in [-0.39, 0.29) is 17.9 Å². The molecule has 0 saturated carbocycles. The molecule has 524 valence electrons. The lowest BCUT2D eigenvalue weighted by Gasteiger charge is -2.22. The highest BCUT2D eigenvalue weighted by Gasteiger charge is 2.27. The summed E-state index contributed by atoms with van der Waals surface area (Å²) in [7, 11) is 32.7. The van der Waals surface area contributed by atoms with Crippen molar-refractivity contribution in [2.75, 3.05) is 276 Å². The van der Waals surface area contributed by atoms with Gasteiger partial charge in [0.2, 0.25) is 5.91 Å². The Morgan fingerprint density at radius 3 is 1.33 bits per heavy atom. The Hall–Kier alpha value is -4.71. The van der Waals surface area contributed by atoms with Crippen molar-refractivity contribution in [1.82, 2.24) is 53.9 Å². The largest absolute Gasteiger partial charge is 0.468 e. The van der Waals surface area contributed by atoms with Crippen molar-refractivity contribution in [2.45, 2.75) is 83.2 Å². The van der Waals surface area contributed by atoms with Crippen LogP contribution in [-0.2, 0) is 27.4 Å². The molecule has 8 heterocycles. The van der Waals surface area contributed by atoms with Gasteiger partial charge in [0.05, 0.1) is 31.6 Å². The molecule has 5 fully saturated rings. The van der Waals surface area contributed by atoms with Crippen LogP contribution in [-0.4, -0.2) is 346 Å². The van der Waals surface area contributed by atoms with Gasteiger partial charge in [-0.25, -0.2) is 4.39 Å². The van der Waals surface area contributed by atoms with Crippen molar-refractivity contribution in [3.63, 3.8) is 0 Å². The monoisotopic (exact) mass is 1290 g/mol. The number of benzene rings is 3. The van der Waals surface area contributed by atoms with Crippen molar-refractivity contribution in [1.29, 1.82) is 0 Å². The summed E-state index contributed by atoms with van der Waals surface area (Å²) in [6.45, 7) is 26.1. The Labute approximate surface area is 559 Å². The third-order valence-corrected chi connectivity index (χ3v) is 19.1. The molecular weight excluding hydrogens is 1160 g/mol. The van der Waals surface area contributed by atoms with Crippen molar-refractivity contribution < 1.29 is 23.8 Å². The minimum atomic E-state index is -0.669. The highest BCUT2D eigenvalue weighted by molar-refractivity contribution is 5.78. The first kappa shape index (κ1) is 79.7. The van der Waals surface area contributed by atoms with E-state index in [9.17, 15) is 14.0 Å². The number of likely N-dealkylation sites (N-methyl/N-ethyl adjacent to an activating group) is 12. The number of likely N-dealkylation sites (tertiary alicyclic amines) is 1. The second-order valence-electron chi connectivity index (χ2n) is 27.6. The van der Waals surface area contributed by atoms with E-state index in [0.717, 1.165) is 143 Å². The fraction of sp³-hybridized carbons (Fsp3) is 0.722. The average molecular weight is 1290 g/mol. The number of nitrogens with zero attached hydrogens (tertiary/aromatic N) is 15. The molecule has 8 aliphatic rings. The topological polar surface area (TPSA) is 112 Å². The van der Waals surface area contributed by atoms with E-state index in [2.05, 4.69) is 209 Å². The summed E-state index contributed by atoms with van der Waals surface area (Å²) >= 11 is 0. The number of esters is 1. The van der Waals surface area contributed by atoms with Crippen LogP contribution in [0.15, 0.2) is 72.8 Å². The highest BCUT2D eigenvalue weighted by Crippen LogP contribution is 2.30. The van der Waals surface area contributed by atoms with Crippen LogP contribution in [0.25, 0.3) is 0 Å². The lowest BCUT2D eigenvalue weighted by Crippen LogP contribution is -2.39. The zero-order chi connectivity index (χ0) is 67.7. The van der Waals surface area contributed by atoms with Gasteiger partial charge in [-0.2, -0.15) is 0 Å². The smallest absolute Gasteiger partial charge is 0.323 e. The summed E-state index contributed by atoms with van der Waals surface area (Å²) in [5.74, 6) is 1.09. The number of aliphatic hydroxyl groups excluding tert-OH is 1. The van der Waals surface area contributed by atoms with Crippen LogP contribution in [0.1, 0.15) is 63.0 Å². The Morgan fingerprint density at radius 1 is 0.424 bits per heavy atom. The van der Waals surface area contributed by atoms with Gasteiger partial charge in [0, 0.05) is 170 Å². The van der Waals surface area contributed by atoms with E-state index in [0.29, 0.717) is 32.3 Å². The number of fused-ring (bicyclic) bond motifs is 3. The van der Waals surface area contributed by atoms with Gasteiger partial charge in [-0.3, -0.25) is 24.3 Å². The number of hydrogen-bond acceptors (Lipinski definition) is 18. The van der Waals surface area contributed by atoms with Gasteiger partial charge in [0.15, 0.2) is 0 Å². The van der Waals surface area contributed by atoms with Crippen LogP contribution in [0.2, 0.25) is 0 Å². The summed E-state index contributed by atoms with van der Waals surface area (Å²) in [4.78, 5) is 55.7. The molecule has 1 N–H and O–H groups in total. The predicted molar refractivity (Wildman–Crippen MR) is 386 cm³/mol. The van der Waals surface area contributed by atoms with Gasteiger partial charge in [-0.1, -0.05) is 55.5 Å². The fourth-order valence-electron chi connectivity index (χ4n) is 12.4. The molecule has 8 aliphatic heterocycles. The van der Waals surface area contributed by atoms with Crippen LogP contribution in [0, 0.1) is 5.92 Å². The molecule has 1 amide bonds. The first-order valence-corrected chi connectivity index (χ1v) is 34.4. The van der Waals surface area contributed by atoms with Crippen LogP contribution in [0.4, 0.5) is 27.1 Å². The number of halogens is 1. The minimum absolute atomic E-state index is 0.0602. The molecule has 0 bridgehead atoms. The molecule has 3 aromatic carbocycles. The molecule has 20 heteroatoms. The number of hydrogen-bond donors (Lipinski definition) is 1. The Morgan fingerprint density at radius 2 is 0.815 bits per heavy atom. The van der Waals surface area contributed by atoms with Gasteiger partial charge >= 0.3 is 5.97 Å². The molecule has 92 heavy (non-hydrogen) atoms. The van der Waals surface area contributed by atoms with Crippen LogP contribution >= 0.6 is 0 Å². The minimum Gasteiger partial charge on any atom is -0.468 e. The summed E-state index contributed by atoms with van der Waals surface area (Å²) < 4.78 is 17.6. The highest BCUT2D eigenvalue weighted by atomic mass is 19.1. The number of carbonyl (C=O) groups is 2. The normalized spacial score (nSPS) is 23.4. The number of alkyl halides is 1. The number of anilines is 4. The quantitative estimate of drug-likeness (QED) is 0.293. The lowest BCUT2D eigenvalue weighted by molar-refractivity contribution is -0.146. The standard InChI is InChI=1S/3C11H16N2.C9H18N2O2.C8H18N2O.C8H17N.C7H15FN2.C7H14N2O/c1-12-8-5-9-13(2)11-7-4-3-6-10(11)12;2*1-12-7-8-13(2)11-6-4-3-5-10(11)9-12;1-10-5-4-8(9(12)13-3)11(2)7-6-10;1-9-4-3-8(7-11)10(2)6-5-9;1-8-4-3-6-9(2)7-5-8;1-9-3-4-10(2)6-7(8)5-9;1-8-4-3-5-9(2)7(10)6-8/h3-4,6-7H,5,8-9H2,1-2H3;2*3-6H,7-9H2,1-2H3;8H,4-7H2,1-3H3;8,11H,3-7H2,1-2H3;8H,3-7H2,1-2H3;7H,3-6H2,1-2H3;3-6H2,1-2H3. The molecule has 3 aromatic rings. The van der Waals surface area contributed by atoms with Crippen LogP contribution in [0.3, 0.4) is 0 Å². The zero-order valence-electron chi connectivity index (χ0n) is 60.9. The summed E-state index contributed by atoms with van der Waals surface area (Å²) in [6, 6.07) is 26.2. The number of methoxy groups -OCH3 is 1. The Balaban J connectivity index is 0.000000225. The summed E-state index contributed by atoms with van der Waals surface area (Å²) in [5.41, 5.74) is 8.33. The van der Waals surface area contributed by atoms with Gasteiger partial charge in [-0.15, -0.1) is 0 Å². The van der Waals surface area contributed by atoms with Crippen molar-refractivity contribution in [3.8, 4) is 0 Å². The van der Waals surface area contributed by atoms with Crippen molar-refractivity contribution in [2.24, 2.45) is 5.92 Å². The maximum absolute atomic E-state index is 12.9. The maximum Gasteiger partial charge on any atom is 0.323 e. The van der Waals surface area contributed by atoms with Crippen molar-refractivity contribution in [3.05, 3.63) is 83.9 Å². The molecule has 0 aliphatic carbocycles. The molecule has 0 aromatic heterocycles. The number of rotatable bonds is 2. The van der Waals surface area contributed by atoms with Crippen LogP contribution < -0.4 is 19.6 Å². The molecule has 19 nitrogen and oxygen atoms in total. The molecule has 11 rings (SSSR count). The summed E-state index contributed by atoms with van der Waals surface area (Å²) in [6.07, 6.45) is 7.85. The second-order valence-corrected chi connectivity index (χ2v) is 27.6. The lowest BCUT2D eigenvalue weighted by atomic mass is 10.0. The number of aliphatic hydroxyl groups is 1. The fourth-order valence-corrected chi connectivity index (χ4v) is 12.4. The number of carbonyl (C=O) groups excluding carboxylic acids is 2. The van der Waals surface area contributed by atoms with Crippen LogP contribution in [0.5, 0.6) is 0 Å². The number of para-hydroxylation sites is 4. The van der Waals surface area contributed by atoms with E-state index >= 15 is 0 Å². The molecule has 0 spiro atoms. The predicted octanol–water partition coefficient (Wildman–Crippen LogP) is 6.23. The van der Waals surface area contributed by atoms with E-state index < -0.39 is 6.17 Å². The third-order valence-electron chi connectivity index (χ3n) is 19.1. The molecular formula is C72H130FN15O4. The van der Waals surface area contributed by atoms with Crippen molar-refractivity contribution >= 4 is 34.6 Å². The van der Waals surface area contributed by atoms with Gasteiger partial charge in [0.25, 0.3) is 0 Å². The number of ether oxygens (including phenoxy) is 1. The van der Waals surface area contributed by atoms with E-state index in [1.54, 1.807) is 4.90 Å². The average Bonchev–Trinajstić information content (AvgIpc) is 2.69. The maximum atomic E-state index is 12.9. The SMILES string of the molecule is CC1CCCN(C)CC1.CN1CCC(CO)N(C)CC1.CN1CCCN(C)C(=O)C1.CN1CCCN(C)c2ccccc21.CN1CCN(C)CC(F)C1.CN1CCN(C)c2ccccc2C1.CN1CCN(C)c2ccccc2C1.COC(=O)C1CCN(C)CCN1C. The molecule has 5 saturated heterocycles. The van der Waals surface area contributed by atoms with Gasteiger partial charge in [0.1, 0.15) is 12.2 Å². The summed E-state index contributed by atoms with van der Waals surface area (Å²) in [5, 5.41) is 9.01. The Bertz CT molecular complexity index is 2370. The Kier molecular flexibility index (Phi) is 37.6. The third kappa shape index (κ3) is 29.9. The number of amides is 1. The first-order chi connectivity index (χ1) is 43.9. The second kappa shape index (κ2) is 43.4. The first-order valence-electron chi connectivity index (χ1n) is 34.4. The van der Waals surface area contributed by atoms with E-state index in [1.165, 1.54) is 79.8 Å². The van der Waals surface area contributed by atoms with Gasteiger partial charge < -0.3 is 68.6 Å². The molecule has 3 unspecified atom stereocenters. The van der Waals surface area contributed by atoms with E-state index in [4.69, 9.17) is 9.84 Å². The van der Waals surface area contributed by atoms with E-state index in [1.807, 2.05) is 45.0 Å². The van der Waals surface area contributed by atoms with Gasteiger partial charge in [-0.05, 0) is 183 Å². The zero-order valence-corrected chi connectivity index (χ0v) is 60.9.